The van der Waals surface area contributed by atoms with E-state index in [0.29, 0.717) is 5.92 Å². The number of carbonyl (C=O) groups excluding carboxylic acids is 3. The normalized spacial score (nSPS) is 42.0. The maximum absolute atomic E-state index is 12.6. The van der Waals surface area contributed by atoms with Crippen LogP contribution in [0.2, 0.25) is 0 Å². The van der Waals surface area contributed by atoms with E-state index in [-0.39, 0.29) is 41.1 Å². The van der Waals surface area contributed by atoms with Gasteiger partial charge in [-0.15, -0.1) is 0 Å². The molecule has 1 saturated heterocycles. The van der Waals surface area contributed by atoms with Crippen LogP contribution >= 0.6 is 0 Å². The highest BCUT2D eigenvalue weighted by Gasteiger charge is 2.62. The number of rotatable bonds is 4. The molecule has 4 fully saturated rings. The van der Waals surface area contributed by atoms with Gasteiger partial charge in [-0.3, -0.25) is 14.5 Å². The molecule has 1 aliphatic heterocycles. The summed E-state index contributed by atoms with van der Waals surface area (Å²) in [5, 5.41) is 5.93. The summed E-state index contributed by atoms with van der Waals surface area (Å²) in [5.41, 5.74) is -0.513. The Kier molecular flexibility index (Phi) is 3.36. The quantitative estimate of drug-likeness (QED) is 0.764. The minimum atomic E-state index is -0.822. The molecule has 4 rings (SSSR count). The molecule has 0 aromatic heterocycles. The molecule has 0 spiro atoms. The number of hydrogen-bond acceptors (Lipinski definition) is 3. The van der Waals surface area contributed by atoms with Crippen molar-refractivity contribution in [3.63, 3.8) is 0 Å². The summed E-state index contributed by atoms with van der Waals surface area (Å²) in [7, 11) is 0. The zero-order valence-electron chi connectivity index (χ0n) is 15.6. The molecular formula is C19H29N3O3. The Morgan fingerprint density at radius 1 is 1.16 bits per heavy atom. The highest BCUT2D eigenvalue weighted by atomic mass is 16.2. The molecule has 1 heterocycles. The van der Waals surface area contributed by atoms with E-state index in [4.69, 9.17) is 0 Å². The smallest absolute Gasteiger partial charge is 0.325 e. The lowest BCUT2D eigenvalue weighted by Gasteiger charge is -2.39. The van der Waals surface area contributed by atoms with Crippen LogP contribution in [-0.2, 0) is 9.59 Å². The summed E-state index contributed by atoms with van der Waals surface area (Å²) < 4.78 is 0. The van der Waals surface area contributed by atoms with Crippen molar-refractivity contribution in [3.8, 4) is 0 Å². The van der Waals surface area contributed by atoms with Crippen molar-refractivity contribution >= 4 is 17.8 Å². The molecule has 6 heteroatoms. The fourth-order valence-electron chi connectivity index (χ4n) is 5.60. The standard InChI is InChI=1S/C19H29N3O3/c1-17(2)12-7-8-18(17,3)13(9-12)20-14(23)10-22-15(24)19(4,11-5-6-11)21-16(22)25/h11-13H,5-10H2,1-4H3,(H,20,23)(H,21,25)/t12-,13+,18-,19+/m1/s1. The minimum absolute atomic E-state index is 0.0904. The second-order valence-corrected chi connectivity index (χ2v) is 9.53. The van der Waals surface area contributed by atoms with Crippen molar-refractivity contribution in [1.82, 2.24) is 15.5 Å². The average molecular weight is 347 g/mol. The maximum atomic E-state index is 12.6. The first kappa shape index (κ1) is 16.9. The zero-order chi connectivity index (χ0) is 18.2. The van der Waals surface area contributed by atoms with Crippen molar-refractivity contribution in [2.75, 3.05) is 6.54 Å². The second kappa shape index (κ2) is 4.98. The molecule has 2 bridgehead atoms. The first-order chi connectivity index (χ1) is 11.6. The van der Waals surface area contributed by atoms with Crippen molar-refractivity contribution in [1.29, 1.82) is 0 Å². The summed E-state index contributed by atoms with van der Waals surface area (Å²) in [6.45, 7) is 8.47. The summed E-state index contributed by atoms with van der Waals surface area (Å²) in [6.07, 6.45) is 5.26. The number of fused-ring (bicyclic) bond motifs is 2. The van der Waals surface area contributed by atoms with Gasteiger partial charge < -0.3 is 10.6 Å². The van der Waals surface area contributed by atoms with E-state index < -0.39 is 11.6 Å². The first-order valence-corrected chi connectivity index (χ1v) is 9.53. The fraction of sp³-hybridized carbons (Fsp3) is 0.842. The summed E-state index contributed by atoms with van der Waals surface area (Å²) in [4.78, 5) is 38.5. The molecule has 2 N–H and O–H groups in total. The van der Waals surface area contributed by atoms with Crippen LogP contribution in [0, 0.1) is 22.7 Å². The number of hydrogen-bond donors (Lipinski definition) is 2. The topological polar surface area (TPSA) is 78.5 Å². The number of nitrogens with one attached hydrogen (secondary N) is 2. The molecule has 0 radical (unpaired) electrons. The molecule has 4 aliphatic rings. The number of urea groups is 1. The van der Waals surface area contributed by atoms with Gasteiger partial charge in [0.1, 0.15) is 12.1 Å². The third kappa shape index (κ3) is 2.18. The van der Waals surface area contributed by atoms with E-state index in [1.165, 1.54) is 6.42 Å². The van der Waals surface area contributed by atoms with Crippen LogP contribution in [0.15, 0.2) is 0 Å². The average Bonchev–Trinajstić information content (AvgIpc) is 3.29. The van der Waals surface area contributed by atoms with Crippen LogP contribution in [0.4, 0.5) is 4.79 Å². The Hall–Kier alpha value is -1.59. The van der Waals surface area contributed by atoms with Gasteiger partial charge in [-0.1, -0.05) is 20.8 Å². The van der Waals surface area contributed by atoms with Gasteiger partial charge in [0.25, 0.3) is 5.91 Å². The Morgan fingerprint density at radius 2 is 1.84 bits per heavy atom. The van der Waals surface area contributed by atoms with Gasteiger partial charge in [0.2, 0.25) is 5.91 Å². The van der Waals surface area contributed by atoms with Crippen LogP contribution in [0.1, 0.15) is 59.8 Å². The van der Waals surface area contributed by atoms with E-state index in [1.807, 2.05) is 0 Å². The van der Waals surface area contributed by atoms with Gasteiger partial charge in [-0.25, -0.2) is 4.79 Å². The maximum Gasteiger partial charge on any atom is 0.325 e. The third-order valence-corrected chi connectivity index (χ3v) is 8.13. The van der Waals surface area contributed by atoms with Crippen LogP contribution in [0.3, 0.4) is 0 Å². The molecule has 4 atom stereocenters. The van der Waals surface area contributed by atoms with E-state index in [9.17, 15) is 14.4 Å². The third-order valence-electron chi connectivity index (χ3n) is 8.13. The predicted octanol–water partition coefficient (Wildman–Crippen LogP) is 2.04. The Morgan fingerprint density at radius 3 is 2.36 bits per heavy atom. The van der Waals surface area contributed by atoms with Crippen LogP contribution in [0.5, 0.6) is 0 Å². The van der Waals surface area contributed by atoms with Crippen molar-refractivity contribution in [2.45, 2.75) is 71.4 Å². The molecule has 0 aromatic rings. The Bertz CT molecular complexity index is 656. The van der Waals surface area contributed by atoms with E-state index in [2.05, 4.69) is 31.4 Å². The van der Waals surface area contributed by atoms with E-state index in [0.717, 1.165) is 30.6 Å². The molecule has 25 heavy (non-hydrogen) atoms. The Labute approximate surface area is 149 Å². The largest absolute Gasteiger partial charge is 0.351 e. The molecule has 4 amide bonds. The van der Waals surface area contributed by atoms with E-state index in [1.54, 1.807) is 6.92 Å². The SMILES string of the molecule is CC1(C)[C@@H]2CC[C@]1(C)[C@@H](NC(=O)CN1C(=O)N[C@@](C)(C3CC3)C1=O)C2. The number of nitrogens with zero attached hydrogens (tertiary/aromatic N) is 1. The molecule has 0 aromatic carbocycles. The molecule has 0 unspecified atom stereocenters. The lowest BCUT2D eigenvalue weighted by atomic mass is 9.69. The first-order valence-electron chi connectivity index (χ1n) is 9.53. The van der Waals surface area contributed by atoms with Gasteiger partial charge in [0.05, 0.1) is 0 Å². The predicted molar refractivity (Wildman–Crippen MR) is 92.5 cm³/mol. The molecule has 6 nitrogen and oxygen atoms in total. The van der Waals surface area contributed by atoms with Crippen molar-refractivity contribution in [3.05, 3.63) is 0 Å². The molecule has 3 saturated carbocycles. The van der Waals surface area contributed by atoms with Gasteiger partial charge in [0, 0.05) is 6.04 Å². The lowest BCUT2D eigenvalue weighted by Crippen LogP contribution is -2.51. The number of carbonyl (C=O) groups is 3. The lowest BCUT2D eigenvalue weighted by molar-refractivity contribution is -0.135. The minimum Gasteiger partial charge on any atom is -0.351 e. The van der Waals surface area contributed by atoms with Crippen LogP contribution < -0.4 is 10.6 Å². The Balaban J connectivity index is 1.42. The monoisotopic (exact) mass is 347 g/mol. The highest BCUT2D eigenvalue weighted by Crippen LogP contribution is 2.65. The van der Waals surface area contributed by atoms with Crippen molar-refractivity contribution < 1.29 is 14.4 Å². The zero-order valence-corrected chi connectivity index (χ0v) is 15.6. The highest BCUT2D eigenvalue weighted by molar-refractivity contribution is 6.09. The summed E-state index contributed by atoms with van der Waals surface area (Å²) in [6, 6.07) is -0.307. The number of imide groups is 1. The van der Waals surface area contributed by atoms with Gasteiger partial charge in [0.15, 0.2) is 0 Å². The van der Waals surface area contributed by atoms with Crippen molar-refractivity contribution in [2.24, 2.45) is 22.7 Å². The fourth-order valence-corrected chi connectivity index (χ4v) is 5.60. The van der Waals surface area contributed by atoms with Gasteiger partial charge in [-0.2, -0.15) is 0 Å². The van der Waals surface area contributed by atoms with E-state index >= 15 is 0 Å². The van der Waals surface area contributed by atoms with Crippen LogP contribution in [-0.4, -0.2) is 40.9 Å². The van der Waals surface area contributed by atoms with Crippen LogP contribution in [0.25, 0.3) is 0 Å². The van der Waals surface area contributed by atoms with Gasteiger partial charge >= 0.3 is 6.03 Å². The molecule has 3 aliphatic carbocycles. The van der Waals surface area contributed by atoms with Gasteiger partial charge in [-0.05, 0) is 61.7 Å². The summed E-state index contributed by atoms with van der Waals surface area (Å²) in [5.74, 6) is 0.368. The summed E-state index contributed by atoms with van der Waals surface area (Å²) >= 11 is 0. The number of amides is 4. The molecular weight excluding hydrogens is 318 g/mol. The second-order valence-electron chi connectivity index (χ2n) is 9.53. The molecule has 138 valence electrons.